The van der Waals surface area contributed by atoms with Crippen LogP contribution >= 0.6 is 0 Å². The van der Waals surface area contributed by atoms with Gasteiger partial charge in [-0.2, -0.15) is 4.98 Å². The van der Waals surface area contributed by atoms with Crippen molar-refractivity contribution in [3.63, 3.8) is 0 Å². The molecule has 0 saturated carbocycles. The molecule has 0 aliphatic carbocycles. The summed E-state index contributed by atoms with van der Waals surface area (Å²) in [5.74, 6) is -0.884. The molecule has 1 fully saturated rings. The third-order valence-corrected chi connectivity index (χ3v) is 3.87. The second-order valence-corrected chi connectivity index (χ2v) is 5.36. The summed E-state index contributed by atoms with van der Waals surface area (Å²) in [6.07, 6.45) is 3.17. The van der Waals surface area contributed by atoms with Crippen LogP contribution in [0.25, 0.3) is 0 Å². The fourth-order valence-electron chi connectivity index (χ4n) is 2.59. The number of nitrogens with zero attached hydrogens (tertiary/aromatic N) is 2. The lowest BCUT2D eigenvalue weighted by Gasteiger charge is -2.24. The lowest BCUT2D eigenvalue weighted by molar-refractivity contribution is 0.0657. The van der Waals surface area contributed by atoms with E-state index < -0.39 is 17.7 Å². The average Bonchev–Trinajstić information content (AvgIpc) is 3.06. The monoisotopic (exact) mass is 309 g/mol. The van der Waals surface area contributed by atoms with Crippen LogP contribution in [0, 0.1) is 17.6 Å². The Morgan fingerprint density at radius 1 is 1.23 bits per heavy atom. The highest BCUT2D eigenvalue weighted by Crippen LogP contribution is 2.22. The molecule has 5 nitrogen and oxygen atoms in total. The molecule has 1 aromatic carbocycles. The molecule has 1 N–H and O–H groups in total. The molecule has 2 aromatic rings. The second kappa shape index (κ2) is 6.93. The molecule has 0 bridgehead atoms. The van der Waals surface area contributed by atoms with Crippen LogP contribution in [0.4, 0.5) is 8.78 Å². The Hall–Kier alpha value is -1.86. The Kier molecular flexibility index (Phi) is 4.74. The largest absolute Gasteiger partial charge is 0.381 e. The van der Waals surface area contributed by atoms with Crippen LogP contribution in [0.5, 0.6) is 0 Å². The predicted molar refractivity (Wildman–Crippen MR) is 74.0 cm³/mol. The molecule has 1 aliphatic rings. The van der Waals surface area contributed by atoms with Gasteiger partial charge in [0, 0.05) is 13.2 Å². The third kappa shape index (κ3) is 3.48. The van der Waals surface area contributed by atoms with E-state index in [2.05, 4.69) is 15.5 Å². The Morgan fingerprint density at radius 3 is 2.73 bits per heavy atom. The third-order valence-electron chi connectivity index (χ3n) is 3.87. The van der Waals surface area contributed by atoms with Gasteiger partial charge in [-0.15, -0.1) is 0 Å². The lowest BCUT2D eigenvalue weighted by atomic mass is 9.99. The maximum atomic E-state index is 13.5. The summed E-state index contributed by atoms with van der Waals surface area (Å²) in [7, 11) is 0. The first kappa shape index (κ1) is 15.1. The van der Waals surface area contributed by atoms with E-state index in [4.69, 9.17) is 9.26 Å². The van der Waals surface area contributed by atoms with Gasteiger partial charge in [0.2, 0.25) is 6.39 Å². The maximum absolute atomic E-state index is 13.5. The Balaban J connectivity index is 1.76. The zero-order valence-corrected chi connectivity index (χ0v) is 12.0. The van der Waals surface area contributed by atoms with Crippen molar-refractivity contribution < 1.29 is 18.0 Å². The van der Waals surface area contributed by atoms with Crippen LogP contribution in [0.3, 0.4) is 0 Å². The van der Waals surface area contributed by atoms with Crippen molar-refractivity contribution in [2.75, 3.05) is 19.8 Å². The number of halogens is 2. The molecule has 3 rings (SSSR count). The smallest absolute Gasteiger partial charge is 0.213 e. The summed E-state index contributed by atoms with van der Waals surface area (Å²) < 4.78 is 36.7. The molecule has 1 saturated heterocycles. The van der Waals surface area contributed by atoms with E-state index in [0.29, 0.717) is 17.3 Å². The summed E-state index contributed by atoms with van der Waals surface area (Å²) in [6, 6.07) is 3.36. The first-order chi connectivity index (χ1) is 10.7. The van der Waals surface area contributed by atoms with Crippen LogP contribution < -0.4 is 5.32 Å². The molecule has 7 heteroatoms. The summed E-state index contributed by atoms with van der Waals surface area (Å²) in [5.41, 5.74) is 0.562. The summed E-state index contributed by atoms with van der Waals surface area (Å²) in [5, 5.41) is 7.14. The van der Waals surface area contributed by atoms with Crippen molar-refractivity contribution in [1.29, 1.82) is 0 Å². The molecule has 22 heavy (non-hydrogen) atoms. The van der Waals surface area contributed by atoms with Crippen LogP contribution in [-0.4, -0.2) is 29.9 Å². The molecule has 0 unspecified atom stereocenters. The maximum Gasteiger partial charge on any atom is 0.213 e. The van der Waals surface area contributed by atoms with Crippen molar-refractivity contribution in [2.24, 2.45) is 5.92 Å². The fourth-order valence-corrected chi connectivity index (χ4v) is 2.59. The normalized spacial score (nSPS) is 17.5. The topological polar surface area (TPSA) is 60.2 Å². The molecular formula is C15H17F2N3O2. The Morgan fingerprint density at radius 2 is 2.05 bits per heavy atom. The second-order valence-electron chi connectivity index (χ2n) is 5.36. The molecule has 0 amide bonds. The van der Waals surface area contributed by atoms with Crippen molar-refractivity contribution in [1.82, 2.24) is 15.5 Å². The van der Waals surface area contributed by atoms with E-state index in [9.17, 15) is 8.78 Å². The van der Waals surface area contributed by atoms with E-state index in [0.717, 1.165) is 44.7 Å². The number of aromatic nitrogens is 2. The number of rotatable bonds is 5. The van der Waals surface area contributed by atoms with Gasteiger partial charge in [0.1, 0.15) is 0 Å². The zero-order valence-electron chi connectivity index (χ0n) is 12.0. The quantitative estimate of drug-likeness (QED) is 0.919. The summed E-state index contributed by atoms with van der Waals surface area (Å²) in [4.78, 5) is 4.03. The molecular weight excluding hydrogens is 292 g/mol. The van der Waals surface area contributed by atoms with Gasteiger partial charge in [-0.25, -0.2) is 8.78 Å². The van der Waals surface area contributed by atoms with Gasteiger partial charge in [-0.3, -0.25) is 0 Å². The number of nitrogens with one attached hydrogen (secondary N) is 1. The standard InChI is InChI=1S/C15H17F2N3O2/c16-12-2-1-11(7-13(12)17)14(15-19-9-22-20-15)18-8-10-3-5-21-6-4-10/h1-2,7,9-10,14,18H,3-6,8H2/t14-/m1/s1. The van der Waals surface area contributed by atoms with Crippen molar-refractivity contribution >= 4 is 0 Å². The number of hydrogen-bond acceptors (Lipinski definition) is 5. The van der Waals surface area contributed by atoms with Crippen LogP contribution in [-0.2, 0) is 4.74 Å². The highest BCUT2D eigenvalue weighted by atomic mass is 19.2. The average molecular weight is 309 g/mol. The SMILES string of the molecule is Fc1ccc([C@@H](NCC2CCOCC2)c2ncon2)cc1F. The van der Waals surface area contributed by atoms with E-state index in [1.54, 1.807) is 0 Å². The minimum atomic E-state index is -0.890. The number of benzene rings is 1. The first-order valence-electron chi connectivity index (χ1n) is 7.26. The minimum absolute atomic E-state index is 0.401. The van der Waals surface area contributed by atoms with E-state index in [1.807, 2.05) is 0 Å². The predicted octanol–water partition coefficient (Wildman–Crippen LogP) is 2.45. The van der Waals surface area contributed by atoms with Gasteiger partial charge in [0.15, 0.2) is 17.5 Å². The van der Waals surface area contributed by atoms with Crippen molar-refractivity contribution in [3.05, 3.63) is 47.6 Å². The zero-order chi connectivity index (χ0) is 15.4. The van der Waals surface area contributed by atoms with Gasteiger partial charge in [0.05, 0.1) is 6.04 Å². The van der Waals surface area contributed by atoms with Gasteiger partial charge in [-0.1, -0.05) is 11.2 Å². The molecule has 0 spiro atoms. The Labute approximate surface area is 126 Å². The van der Waals surface area contributed by atoms with Crippen LogP contribution in [0.15, 0.2) is 29.1 Å². The lowest BCUT2D eigenvalue weighted by Crippen LogP contribution is -2.31. The number of hydrogen-bond donors (Lipinski definition) is 1. The fraction of sp³-hybridized carbons (Fsp3) is 0.467. The van der Waals surface area contributed by atoms with Crippen molar-refractivity contribution in [3.8, 4) is 0 Å². The van der Waals surface area contributed by atoms with E-state index in [1.165, 1.54) is 12.5 Å². The van der Waals surface area contributed by atoms with E-state index in [-0.39, 0.29) is 0 Å². The van der Waals surface area contributed by atoms with Crippen LogP contribution in [0.2, 0.25) is 0 Å². The van der Waals surface area contributed by atoms with Gasteiger partial charge in [0.25, 0.3) is 0 Å². The molecule has 1 atom stereocenters. The molecule has 1 aliphatic heterocycles. The van der Waals surface area contributed by atoms with Gasteiger partial charge < -0.3 is 14.6 Å². The van der Waals surface area contributed by atoms with Crippen LogP contribution in [0.1, 0.15) is 30.3 Å². The Bertz CT molecular complexity index is 601. The molecule has 118 valence electrons. The highest BCUT2D eigenvalue weighted by molar-refractivity contribution is 5.25. The van der Waals surface area contributed by atoms with Gasteiger partial charge in [-0.05, 0) is 43.0 Å². The molecule has 0 radical (unpaired) electrons. The molecule has 1 aromatic heterocycles. The first-order valence-corrected chi connectivity index (χ1v) is 7.26. The summed E-state index contributed by atoms with van der Waals surface area (Å²) >= 11 is 0. The van der Waals surface area contributed by atoms with Gasteiger partial charge >= 0.3 is 0 Å². The summed E-state index contributed by atoms with van der Waals surface area (Å²) in [6.45, 7) is 2.23. The van der Waals surface area contributed by atoms with Crippen molar-refractivity contribution in [2.45, 2.75) is 18.9 Å². The number of ether oxygens (including phenoxy) is 1. The minimum Gasteiger partial charge on any atom is -0.381 e. The molecule has 2 heterocycles. The highest BCUT2D eigenvalue weighted by Gasteiger charge is 2.22. The van der Waals surface area contributed by atoms with E-state index >= 15 is 0 Å².